The van der Waals surface area contributed by atoms with Gasteiger partial charge in [-0.2, -0.15) is 9.67 Å². The van der Waals surface area contributed by atoms with Gasteiger partial charge in [0.2, 0.25) is 0 Å². The quantitative estimate of drug-likeness (QED) is 0.490. The first-order valence-electron chi connectivity index (χ1n) is 9.76. The van der Waals surface area contributed by atoms with Crippen LogP contribution in [0.4, 0.5) is 0 Å². The van der Waals surface area contributed by atoms with Gasteiger partial charge in [-0.25, -0.2) is 4.98 Å². The van der Waals surface area contributed by atoms with Crippen LogP contribution in [0.5, 0.6) is 0 Å². The Morgan fingerprint density at radius 2 is 1.80 bits per heavy atom. The third-order valence-corrected chi connectivity index (χ3v) is 5.75. The van der Waals surface area contributed by atoms with Gasteiger partial charge in [0.15, 0.2) is 17.0 Å². The molecule has 7 heteroatoms. The largest absolute Gasteiger partial charge is 0.422 e. The molecule has 6 rings (SSSR count). The lowest BCUT2D eigenvalue weighted by molar-refractivity contribution is 0.0964. The molecule has 0 saturated carbocycles. The molecule has 0 aliphatic heterocycles. The number of nitrogens with one attached hydrogen (secondary N) is 1. The van der Waals surface area contributed by atoms with Crippen LogP contribution in [0.2, 0.25) is 0 Å². The molecule has 30 heavy (non-hydrogen) atoms. The number of H-pyrrole nitrogens is 1. The van der Waals surface area contributed by atoms with Gasteiger partial charge in [0.1, 0.15) is 5.52 Å². The van der Waals surface area contributed by atoms with E-state index in [0.717, 1.165) is 11.1 Å². The fourth-order valence-corrected chi connectivity index (χ4v) is 4.29. The summed E-state index contributed by atoms with van der Waals surface area (Å²) in [7, 11) is 0. The van der Waals surface area contributed by atoms with Gasteiger partial charge in [-0.1, -0.05) is 42.5 Å². The zero-order valence-corrected chi connectivity index (χ0v) is 15.8. The van der Waals surface area contributed by atoms with Crippen LogP contribution in [0.1, 0.15) is 33.8 Å². The Hall–Kier alpha value is -4.00. The first-order chi connectivity index (χ1) is 14.7. The SMILES string of the molecule is O=C1CC(c2ccccc2)Cc2c1cnc1[nH]n(-c3nc4ccccc4o3)c(=O)c21. The molecule has 146 valence electrons. The summed E-state index contributed by atoms with van der Waals surface area (Å²) in [5.74, 6) is 0.0393. The van der Waals surface area contributed by atoms with Gasteiger partial charge in [0.25, 0.3) is 5.56 Å². The number of aromatic amines is 1. The maximum absolute atomic E-state index is 13.3. The zero-order valence-electron chi connectivity index (χ0n) is 15.8. The Bertz CT molecular complexity index is 1460. The normalized spacial score (nSPS) is 16.3. The lowest BCUT2D eigenvalue weighted by atomic mass is 9.79. The van der Waals surface area contributed by atoms with Crippen LogP contribution < -0.4 is 5.56 Å². The molecule has 0 amide bonds. The summed E-state index contributed by atoms with van der Waals surface area (Å²) in [6.45, 7) is 0. The molecular formula is C23H16N4O3. The van der Waals surface area contributed by atoms with Crippen LogP contribution in [0.15, 0.2) is 70.0 Å². The number of benzene rings is 2. The summed E-state index contributed by atoms with van der Waals surface area (Å²) in [5.41, 5.74) is 3.71. The van der Waals surface area contributed by atoms with Gasteiger partial charge < -0.3 is 4.42 Å². The lowest BCUT2D eigenvalue weighted by Crippen LogP contribution is -2.22. The monoisotopic (exact) mass is 396 g/mol. The van der Waals surface area contributed by atoms with Gasteiger partial charge in [0.05, 0.1) is 5.39 Å². The van der Waals surface area contributed by atoms with Crippen molar-refractivity contribution in [3.63, 3.8) is 0 Å². The minimum atomic E-state index is -0.317. The van der Waals surface area contributed by atoms with Crippen LogP contribution in [0.25, 0.3) is 28.1 Å². The number of Topliss-reactive ketones (excluding diaryl/α,β-unsaturated/α-hetero) is 1. The molecule has 1 aliphatic rings. The second-order valence-electron chi connectivity index (χ2n) is 7.53. The summed E-state index contributed by atoms with van der Waals surface area (Å²) >= 11 is 0. The molecule has 1 aliphatic carbocycles. The van der Waals surface area contributed by atoms with Crippen LogP contribution in [0.3, 0.4) is 0 Å². The smallest absolute Gasteiger partial charge is 0.325 e. The molecule has 0 bridgehead atoms. The molecule has 1 N–H and O–H groups in total. The highest BCUT2D eigenvalue weighted by atomic mass is 16.4. The van der Waals surface area contributed by atoms with Crippen molar-refractivity contribution in [1.29, 1.82) is 0 Å². The number of para-hydroxylation sites is 2. The summed E-state index contributed by atoms with van der Waals surface area (Å²) in [6.07, 6.45) is 2.58. The number of rotatable bonds is 2. The molecule has 0 radical (unpaired) electrons. The Morgan fingerprint density at radius 1 is 1.00 bits per heavy atom. The molecule has 0 spiro atoms. The number of nitrogens with zero attached hydrogens (tertiary/aromatic N) is 3. The van der Waals surface area contributed by atoms with Crippen LogP contribution >= 0.6 is 0 Å². The van der Waals surface area contributed by atoms with E-state index in [-0.39, 0.29) is 23.3 Å². The summed E-state index contributed by atoms with van der Waals surface area (Å²) in [5, 5.41) is 3.41. The highest BCUT2D eigenvalue weighted by Gasteiger charge is 2.30. The van der Waals surface area contributed by atoms with E-state index in [1.165, 1.54) is 4.68 Å². The summed E-state index contributed by atoms with van der Waals surface area (Å²) in [4.78, 5) is 34.9. The molecule has 0 saturated heterocycles. The maximum atomic E-state index is 13.3. The number of aromatic nitrogens is 4. The summed E-state index contributed by atoms with van der Waals surface area (Å²) < 4.78 is 7.00. The van der Waals surface area contributed by atoms with Gasteiger partial charge >= 0.3 is 6.01 Å². The molecule has 5 aromatic rings. The Labute approximate surface area is 170 Å². The van der Waals surface area contributed by atoms with Crippen molar-refractivity contribution in [1.82, 2.24) is 19.7 Å². The molecule has 2 aromatic carbocycles. The van der Waals surface area contributed by atoms with Gasteiger partial charge in [0, 0.05) is 18.2 Å². The zero-order chi connectivity index (χ0) is 20.2. The van der Waals surface area contributed by atoms with Crippen molar-refractivity contribution in [3.8, 4) is 6.01 Å². The molecule has 3 heterocycles. The van der Waals surface area contributed by atoms with E-state index >= 15 is 0 Å². The number of pyridine rings is 1. The predicted octanol–water partition coefficient (Wildman–Crippen LogP) is 3.77. The number of fused-ring (bicyclic) bond motifs is 4. The van der Waals surface area contributed by atoms with E-state index in [9.17, 15) is 9.59 Å². The summed E-state index contributed by atoms with van der Waals surface area (Å²) in [6, 6.07) is 17.4. The fourth-order valence-electron chi connectivity index (χ4n) is 4.29. The van der Waals surface area contributed by atoms with Crippen molar-refractivity contribution in [3.05, 3.63) is 87.8 Å². The van der Waals surface area contributed by atoms with E-state index in [4.69, 9.17) is 4.42 Å². The molecule has 0 fully saturated rings. The number of carbonyl (C=O) groups is 1. The molecule has 3 aromatic heterocycles. The average molecular weight is 396 g/mol. The van der Waals surface area contributed by atoms with Gasteiger partial charge in [-0.3, -0.25) is 14.7 Å². The first-order valence-corrected chi connectivity index (χ1v) is 9.76. The van der Waals surface area contributed by atoms with Crippen molar-refractivity contribution < 1.29 is 9.21 Å². The van der Waals surface area contributed by atoms with E-state index in [1.54, 1.807) is 12.3 Å². The number of ketones is 1. The van der Waals surface area contributed by atoms with Crippen LogP contribution in [0, 0.1) is 0 Å². The number of hydrogen-bond donors (Lipinski definition) is 1. The second kappa shape index (κ2) is 6.25. The van der Waals surface area contributed by atoms with Crippen molar-refractivity contribution in [2.45, 2.75) is 18.8 Å². The molecule has 7 nitrogen and oxygen atoms in total. The first kappa shape index (κ1) is 16.9. The van der Waals surface area contributed by atoms with Crippen molar-refractivity contribution in [2.24, 2.45) is 0 Å². The Morgan fingerprint density at radius 3 is 2.63 bits per heavy atom. The standard InChI is InChI=1S/C23H16N4O3/c28-18-11-14(13-6-2-1-3-7-13)10-15-16(18)12-24-21-20(15)22(29)27(26-21)23-25-17-8-4-5-9-19(17)30-23/h1-9,12,14H,10-11H2,(H,24,26). The van der Waals surface area contributed by atoms with E-state index in [0.29, 0.717) is 40.5 Å². The lowest BCUT2D eigenvalue weighted by Gasteiger charge is -2.23. The van der Waals surface area contributed by atoms with E-state index in [2.05, 4.69) is 15.1 Å². The Kier molecular flexibility index (Phi) is 3.52. The minimum Gasteiger partial charge on any atom is -0.422 e. The topological polar surface area (TPSA) is 93.8 Å². The van der Waals surface area contributed by atoms with Gasteiger partial charge in [-0.05, 0) is 35.6 Å². The highest BCUT2D eigenvalue weighted by Crippen LogP contribution is 2.34. The molecular weight excluding hydrogens is 380 g/mol. The molecule has 1 unspecified atom stereocenters. The number of hydrogen-bond acceptors (Lipinski definition) is 5. The molecule has 1 atom stereocenters. The third-order valence-electron chi connectivity index (χ3n) is 5.75. The van der Waals surface area contributed by atoms with Gasteiger partial charge in [-0.15, -0.1) is 0 Å². The average Bonchev–Trinajstić information content (AvgIpc) is 3.35. The van der Waals surface area contributed by atoms with Crippen molar-refractivity contribution >= 4 is 27.9 Å². The predicted molar refractivity (Wildman–Crippen MR) is 111 cm³/mol. The maximum Gasteiger partial charge on any atom is 0.325 e. The number of carbonyl (C=O) groups excluding carboxylic acids is 1. The van der Waals surface area contributed by atoms with Crippen LogP contribution in [-0.2, 0) is 6.42 Å². The third kappa shape index (κ3) is 2.45. The van der Waals surface area contributed by atoms with Crippen LogP contribution in [-0.4, -0.2) is 25.5 Å². The van der Waals surface area contributed by atoms with E-state index < -0.39 is 0 Å². The highest BCUT2D eigenvalue weighted by molar-refractivity contribution is 6.02. The Balaban J connectivity index is 1.53. The fraction of sp³-hybridized carbons (Fsp3) is 0.130. The number of oxazole rings is 1. The van der Waals surface area contributed by atoms with Crippen molar-refractivity contribution in [2.75, 3.05) is 0 Å². The minimum absolute atomic E-state index is 0.00788. The van der Waals surface area contributed by atoms with E-state index in [1.807, 2.05) is 48.5 Å². The second-order valence-corrected chi connectivity index (χ2v) is 7.53.